The minimum atomic E-state index is 0.304. The van der Waals surface area contributed by atoms with E-state index in [4.69, 9.17) is 20.2 Å². The Labute approximate surface area is 189 Å². The second kappa shape index (κ2) is 9.56. The fraction of sp³-hybridized carbons (Fsp3) is 0.458. The first-order chi connectivity index (χ1) is 15.5. The van der Waals surface area contributed by atoms with Gasteiger partial charge in [0.25, 0.3) is 0 Å². The third kappa shape index (κ3) is 4.41. The van der Waals surface area contributed by atoms with Crippen LogP contribution in [0.4, 0.5) is 11.5 Å². The summed E-state index contributed by atoms with van der Waals surface area (Å²) in [6, 6.07) is 8.89. The predicted molar refractivity (Wildman–Crippen MR) is 127 cm³/mol. The zero-order chi connectivity index (χ0) is 22.7. The Morgan fingerprint density at radius 1 is 1.12 bits per heavy atom. The van der Waals surface area contributed by atoms with Crippen LogP contribution in [0.25, 0.3) is 10.9 Å². The SMILES string of the molecule is COc1ncc(CNC2CCCC(c3c(N)nc4ccccc4c3N(C)C)C2)c(OC)n1. The van der Waals surface area contributed by atoms with E-state index in [9.17, 15) is 0 Å². The molecule has 0 radical (unpaired) electrons. The number of benzene rings is 1. The van der Waals surface area contributed by atoms with Crippen molar-refractivity contribution >= 4 is 22.4 Å². The molecule has 3 N–H and O–H groups in total. The van der Waals surface area contributed by atoms with Crippen molar-refractivity contribution in [2.24, 2.45) is 0 Å². The zero-order valence-corrected chi connectivity index (χ0v) is 19.3. The molecule has 0 bridgehead atoms. The summed E-state index contributed by atoms with van der Waals surface area (Å²) < 4.78 is 10.5. The second-order valence-corrected chi connectivity index (χ2v) is 8.50. The number of ether oxygens (including phenoxy) is 2. The Balaban J connectivity index is 1.56. The van der Waals surface area contributed by atoms with Gasteiger partial charge in [0.05, 0.1) is 25.4 Å². The Hall–Kier alpha value is -3.13. The highest BCUT2D eigenvalue weighted by Crippen LogP contribution is 2.43. The van der Waals surface area contributed by atoms with Gasteiger partial charge in [-0.15, -0.1) is 0 Å². The van der Waals surface area contributed by atoms with E-state index in [2.05, 4.69) is 46.4 Å². The summed E-state index contributed by atoms with van der Waals surface area (Å²) >= 11 is 0. The van der Waals surface area contributed by atoms with E-state index < -0.39 is 0 Å². The van der Waals surface area contributed by atoms with E-state index in [0.717, 1.165) is 42.1 Å². The summed E-state index contributed by atoms with van der Waals surface area (Å²) in [5, 5.41) is 4.83. The molecule has 0 saturated heterocycles. The molecule has 2 atom stereocenters. The Kier molecular flexibility index (Phi) is 6.60. The van der Waals surface area contributed by atoms with Crippen LogP contribution in [0.15, 0.2) is 30.5 Å². The van der Waals surface area contributed by atoms with Crippen LogP contribution in [0, 0.1) is 0 Å². The van der Waals surface area contributed by atoms with E-state index in [0.29, 0.717) is 36.2 Å². The molecule has 0 aliphatic heterocycles. The van der Waals surface area contributed by atoms with Crippen LogP contribution < -0.4 is 25.4 Å². The number of nitrogens with one attached hydrogen (secondary N) is 1. The van der Waals surface area contributed by atoms with Crippen molar-refractivity contribution in [2.75, 3.05) is 38.9 Å². The molecule has 1 fully saturated rings. The third-order valence-electron chi connectivity index (χ3n) is 6.22. The fourth-order valence-electron chi connectivity index (χ4n) is 4.78. The standard InChI is InChI=1S/C24H32N6O2/c1-30(2)21-18-10-5-6-11-19(18)28-22(25)20(21)15-8-7-9-17(12-15)26-13-16-14-27-24(32-4)29-23(16)31-3/h5-6,10-11,14-15,17,26H,7-9,12-13H2,1-4H3,(H2,25,28). The summed E-state index contributed by atoms with van der Waals surface area (Å²) in [4.78, 5) is 15.4. The largest absolute Gasteiger partial charge is 0.481 e. The van der Waals surface area contributed by atoms with Crippen molar-refractivity contribution in [1.82, 2.24) is 20.3 Å². The number of para-hydroxylation sites is 1. The van der Waals surface area contributed by atoms with Crippen LogP contribution in [0.3, 0.4) is 0 Å². The van der Waals surface area contributed by atoms with Crippen LogP contribution >= 0.6 is 0 Å². The maximum Gasteiger partial charge on any atom is 0.319 e. The summed E-state index contributed by atoms with van der Waals surface area (Å²) in [6.45, 7) is 0.635. The molecular formula is C24H32N6O2. The van der Waals surface area contributed by atoms with E-state index in [1.165, 1.54) is 11.3 Å². The first-order valence-electron chi connectivity index (χ1n) is 11.0. The van der Waals surface area contributed by atoms with Crippen LogP contribution in [0.2, 0.25) is 0 Å². The van der Waals surface area contributed by atoms with Gasteiger partial charge in [-0.2, -0.15) is 4.98 Å². The quantitative estimate of drug-likeness (QED) is 0.581. The number of nitrogen functional groups attached to an aromatic ring is 1. The minimum Gasteiger partial charge on any atom is -0.481 e. The molecule has 3 aromatic rings. The van der Waals surface area contributed by atoms with Gasteiger partial charge >= 0.3 is 6.01 Å². The van der Waals surface area contributed by atoms with Gasteiger partial charge in [0.15, 0.2) is 0 Å². The van der Waals surface area contributed by atoms with Gasteiger partial charge in [-0.3, -0.25) is 0 Å². The highest BCUT2D eigenvalue weighted by Gasteiger charge is 2.29. The van der Waals surface area contributed by atoms with Gasteiger partial charge < -0.3 is 25.4 Å². The third-order valence-corrected chi connectivity index (χ3v) is 6.22. The molecule has 4 rings (SSSR count). The number of hydrogen-bond donors (Lipinski definition) is 2. The smallest absolute Gasteiger partial charge is 0.319 e. The highest BCUT2D eigenvalue weighted by molar-refractivity contribution is 5.95. The lowest BCUT2D eigenvalue weighted by molar-refractivity contribution is 0.328. The number of pyridine rings is 1. The Morgan fingerprint density at radius 3 is 2.69 bits per heavy atom. The average molecular weight is 437 g/mol. The van der Waals surface area contributed by atoms with Gasteiger partial charge in [-0.25, -0.2) is 9.97 Å². The van der Waals surface area contributed by atoms with E-state index in [-0.39, 0.29) is 0 Å². The minimum absolute atomic E-state index is 0.304. The molecule has 0 amide bonds. The van der Waals surface area contributed by atoms with Crippen molar-refractivity contribution in [1.29, 1.82) is 0 Å². The number of anilines is 2. The lowest BCUT2D eigenvalue weighted by Gasteiger charge is -2.33. The number of methoxy groups -OCH3 is 2. The maximum absolute atomic E-state index is 6.53. The van der Waals surface area contributed by atoms with Crippen LogP contribution in [0.1, 0.15) is 42.7 Å². The van der Waals surface area contributed by atoms with Gasteiger partial charge in [-0.1, -0.05) is 24.6 Å². The van der Waals surface area contributed by atoms with Crippen LogP contribution in [-0.2, 0) is 6.54 Å². The Bertz CT molecular complexity index is 1090. The average Bonchev–Trinajstić information content (AvgIpc) is 2.81. The first kappa shape index (κ1) is 22.1. The molecular weight excluding hydrogens is 404 g/mol. The predicted octanol–water partition coefficient (Wildman–Crippen LogP) is 3.51. The van der Waals surface area contributed by atoms with Crippen LogP contribution in [0.5, 0.6) is 11.9 Å². The molecule has 170 valence electrons. The van der Waals surface area contributed by atoms with Crippen LogP contribution in [-0.4, -0.2) is 49.3 Å². The highest BCUT2D eigenvalue weighted by atomic mass is 16.5. The summed E-state index contributed by atoms with van der Waals surface area (Å²) in [7, 11) is 7.32. The monoisotopic (exact) mass is 436 g/mol. The van der Waals surface area contributed by atoms with Gasteiger partial charge in [0.2, 0.25) is 5.88 Å². The van der Waals surface area contributed by atoms with E-state index in [1.54, 1.807) is 20.4 Å². The van der Waals surface area contributed by atoms with E-state index >= 15 is 0 Å². The molecule has 1 aromatic carbocycles. The fourth-order valence-corrected chi connectivity index (χ4v) is 4.78. The number of nitrogens with zero attached hydrogens (tertiary/aromatic N) is 4. The first-order valence-corrected chi connectivity index (χ1v) is 11.0. The molecule has 0 spiro atoms. The number of fused-ring (bicyclic) bond motifs is 1. The molecule has 32 heavy (non-hydrogen) atoms. The summed E-state index contributed by atoms with van der Waals surface area (Å²) in [5.74, 6) is 1.53. The number of aromatic nitrogens is 3. The summed E-state index contributed by atoms with van der Waals surface area (Å²) in [5.41, 5.74) is 10.7. The lowest BCUT2D eigenvalue weighted by atomic mass is 9.80. The molecule has 1 aliphatic rings. The maximum atomic E-state index is 6.53. The molecule has 2 heterocycles. The molecule has 2 aromatic heterocycles. The molecule has 1 saturated carbocycles. The lowest BCUT2D eigenvalue weighted by Crippen LogP contribution is -2.34. The van der Waals surface area contributed by atoms with Crippen molar-refractivity contribution in [3.8, 4) is 11.9 Å². The molecule has 1 aliphatic carbocycles. The van der Waals surface area contributed by atoms with Crippen molar-refractivity contribution < 1.29 is 9.47 Å². The van der Waals surface area contributed by atoms with Gasteiger partial charge in [0, 0.05) is 49.4 Å². The number of rotatable bonds is 7. The zero-order valence-electron chi connectivity index (χ0n) is 19.3. The topological polar surface area (TPSA) is 98.4 Å². The van der Waals surface area contributed by atoms with Gasteiger partial charge in [-0.05, 0) is 31.2 Å². The molecule has 8 nitrogen and oxygen atoms in total. The Morgan fingerprint density at radius 2 is 1.94 bits per heavy atom. The van der Waals surface area contributed by atoms with E-state index in [1.807, 2.05) is 12.1 Å². The van der Waals surface area contributed by atoms with Crippen molar-refractivity contribution in [3.05, 3.63) is 41.6 Å². The molecule has 2 unspecified atom stereocenters. The van der Waals surface area contributed by atoms with Gasteiger partial charge in [0.1, 0.15) is 5.82 Å². The van der Waals surface area contributed by atoms with Crippen molar-refractivity contribution in [2.45, 2.75) is 44.2 Å². The summed E-state index contributed by atoms with van der Waals surface area (Å²) in [6.07, 6.45) is 6.13. The van der Waals surface area contributed by atoms with Crippen molar-refractivity contribution in [3.63, 3.8) is 0 Å². The molecule has 8 heteroatoms. The normalized spacial score (nSPS) is 18.5. The number of hydrogen-bond acceptors (Lipinski definition) is 8. The second-order valence-electron chi connectivity index (χ2n) is 8.50. The number of nitrogens with two attached hydrogens (primary N) is 1.